The van der Waals surface area contributed by atoms with Crippen LogP contribution in [0.3, 0.4) is 0 Å². The second kappa shape index (κ2) is 13.9. The van der Waals surface area contributed by atoms with E-state index in [2.05, 4.69) is 61.2 Å². The first-order valence-corrected chi connectivity index (χ1v) is 27.5. The van der Waals surface area contributed by atoms with Crippen LogP contribution in [0.2, 0.25) is 55.9 Å². The van der Waals surface area contributed by atoms with Crippen LogP contribution in [0.25, 0.3) is 0 Å². The average Bonchev–Trinajstić information content (AvgIpc) is 3.02. The minimum atomic E-state index is -2.46. The molecule has 4 rings (SSSR count). The molecule has 9 atom stereocenters. The molecule has 2 bridgehead atoms. The number of carbonyl (C=O) groups is 2. The standard InChI is InChI=1S/C37H68O9Si3/c1-15-48(16-2,17-3)45-27-21-28-36(40,23-42-28)31-33(43-25(8)38)37(41)22-26(44-47(12,13)14)24(7)29(34(37,9)10)30(32(39)35(27,31)11)46-49(18-4,19-5)20-6/h26-28,30-31,33,40-41H,15-23H2,1-14H3/t26-,27-,28+,30+,31?,33-,35+,36-,37+/m0/s1. The van der Waals surface area contributed by atoms with Crippen LogP contribution in [0.1, 0.15) is 89.0 Å². The molecule has 0 amide bonds. The molecule has 0 radical (unpaired) electrons. The van der Waals surface area contributed by atoms with Gasteiger partial charge in [-0.15, -0.1) is 0 Å². The predicted octanol–water partition coefficient (Wildman–Crippen LogP) is 7.14. The fourth-order valence-electron chi connectivity index (χ4n) is 10.0. The van der Waals surface area contributed by atoms with Crippen molar-refractivity contribution >= 4 is 36.7 Å². The van der Waals surface area contributed by atoms with Crippen LogP contribution < -0.4 is 0 Å². The Morgan fingerprint density at radius 3 is 1.82 bits per heavy atom. The minimum absolute atomic E-state index is 0.0241. The summed E-state index contributed by atoms with van der Waals surface area (Å²) in [6.45, 7) is 28.4. The summed E-state index contributed by atoms with van der Waals surface area (Å²) in [5, 5.41) is 26.3. The van der Waals surface area contributed by atoms with Crippen molar-refractivity contribution in [3.63, 3.8) is 0 Å². The molecule has 12 heteroatoms. The zero-order valence-corrected chi connectivity index (χ0v) is 36.1. The van der Waals surface area contributed by atoms with E-state index in [1.165, 1.54) is 6.92 Å². The molecule has 1 saturated heterocycles. The van der Waals surface area contributed by atoms with Gasteiger partial charge in [-0.05, 0) is 80.9 Å². The van der Waals surface area contributed by atoms with E-state index in [1.54, 1.807) is 0 Å². The third-order valence-corrected chi connectivity index (χ3v) is 24.0. The molecule has 3 fully saturated rings. The number of fused-ring (bicyclic) bond motifs is 5. The Hall–Kier alpha value is -0.709. The number of carbonyl (C=O) groups excluding carboxylic acids is 2. The Kier molecular flexibility index (Phi) is 11.7. The van der Waals surface area contributed by atoms with E-state index in [-0.39, 0.29) is 18.8 Å². The molecule has 2 N–H and O–H groups in total. The van der Waals surface area contributed by atoms with E-state index < -0.39 is 89.4 Å². The van der Waals surface area contributed by atoms with Crippen LogP contribution >= 0.6 is 0 Å². The summed E-state index contributed by atoms with van der Waals surface area (Å²) < 4.78 is 34.0. The van der Waals surface area contributed by atoms with Gasteiger partial charge >= 0.3 is 5.97 Å². The van der Waals surface area contributed by atoms with Crippen molar-refractivity contribution in [3.05, 3.63) is 11.1 Å². The normalized spacial score (nSPS) is 37.8. The highest BCUT2D eigenvalue weighted by atomic mass is 28.4. The van der Waals surface area contributed by atoms with Crippen molar-refractivity contribution in [2.75, 3.05) is 6.61 Å². The zero-order valence-electron chi connectivity index (χ0n) is 33.1. The molecule has 3 aliphatic carbocycles. The molecule has 49 heavy (non-hydrogen) atoms. The quantitative estimate of drug-likeness (QED) is 0.115. The number of rotatable bonds is 13. The van der Waals surface area contributed by atoms with Gasteiger partial charge < -0.3 is 33.0 Å². The Morgan fingerprint density at radius 2 is 1.39 bits per heavy atom. The van der Waals surface area contributed by atoms with E-state index >= 15 is 4.79 Å². The molecule has 2 saturated carbocycles. The lowest BCUT2D eigenvalue weighted by molar-refractivity contribution is -0.343. The van der Waals surface area contributed by atoms with Crippen LogP contribution in [-0.4, -0.2) is 95.2 Å². The van der Waals surface area contributed by atoms with E-state index in [1.807, 2.05) is 27.7 Å². The molecule has 1 unspecified atom stereocenters. The molecule has 0 spiro atoms. The molecular weight excluding hydrogens is 673 g/mol. The highest BCUT2D eigenvalue weighted by Gasteiger charge is 2.77. The maximum absolute atomic E-state index is 16.1. The number of hydrogen-bond acceptors (Lipinski definition) is 9. The highest BCUT2D eigenvalue weighted by Crippen LogP contribution is 2.64. The second-order valence-electron chi connectivity index (χ2n) is 17.3. The van der Waals surface area contributed by atoms with Gasteiger partial charge in [0.15, 0.2) is 30.7 Å². The molecule has 282 valence electrons. The second-order valence-corrected chi connectivity index (χ2v) is 31.2. The molecular formula is C37H68O9Si3. The number of ether oxygens (including phenoxy) is 2. The van der Waals surface area contributed by atoms with Crippen molar-refractivity contribution in [3.8, 4) is 0 Å². The van der Waals surface area contributed by atoms with Gasteiger partial charge in [0, 0.05) is 31.1 Å². The summed E-state index contributed by atoms with van der Waals surface area (Å²) >= 11 is 0. The van der Waals surface area contributed by atoms with Gasteiger partial charge in [0.2, 0.25) is 0 Å². The molecule has 0 aromatic rings. The van der Waals surface area contributed by atoms with Gasteiger partial charge in [0.1, 0.15) is 23.4 Å². The van der Waals surface area contributed by atoms with E-state index in [0.29, 0.717) is 6.42 Å². The van der Waals surface area contributed by atoms with Crippen molar-refractivity contribution < 1.29 is 42.6 Å². The molecule has 4 aliphatic rings. The van der Waals surface area contributed by atoms with E-state index in [9.17, 15) is 15.0 Å². The molecule has 1 aliphatic heterocycles. The lowest BCUT2D eigenvalue weighted by Gasteiger charge is -2.68. The summed E-state index contributed by atoms with van der Waals surface area (Å²) in [6, 6.07) is 5.14. The van der Waals surface area contributed by atoms with Crippen molar-refractivity contribution in [2.24, 2.45) is 16.7 Å². The molecule has 0 aromatic heterocycles. The Labute approximate surface area is 299 Å². The van der Waals surface area contributed by atoms with Gasteiger partial charge in [0.05, 0.1) is 30.3 Å². The third kappa shape index (κ3) is 6.49. The van der Waals surface area contributed by atoms with E-state index in [4.69, 9.17) is 22.8 Å². The number of aliphatic hydroxyl groups is 2. The van der Waals surface area contributed by atoms with Crippen LogP contribution in [0.5, 0.6) is 0 Å². The molecule has 0 aromatic carbocycles. The first-order chi connectivity index (χ1) is 22.6. The van der Waals surface area contributed by atoms with Crippen LogP contribution in [0.4, 0.5) is 0 Å². The SMILES string of the molecule is CC[Si](CC)(CC)O[C@H]1C(=O)[C@@]2(C)C([C@H](OC(C)=O)[C@]3(O)C[C@H](O[Si](C)(C)C)C(C)=C1C3(C)C)[C@]1(O)CO[C@@H]1C[C@@H]2O[Si](CC)(CC)CC. The van der Waals surface area contributed by atoms with Gasteiger partial charge in [-0.1, -0.05) is 55.4 Å². The van der Waals surface area contributed by atoms with Crippen molar-refractivity contribution in [1.82, 2.24) is 0 Å². The van der Waals surface area contributed by atoms with Gasteiger partial charge in [-0.2, -0.15) is 0 Å². The van der Waals surface area contributed by atoms with Crippen molar-refractivity contribution in [1.29, 1.82) is 0 Å². The maximum Gasteiger partial charge on any atom is 0.303 e. The Balaban J connectivity index is 2.16. The Bertz CT molecular complexity index is 1270. The number of ketones is 1. The fraction of sp³-hybridized carbons (Fsp3) is 0.892. The average molecular weight is 741 g/mol. The first-order valence-electron chi connectivity index (χ1n) is 19.1. The zero-order chi connectivity index (χ0) is 37.2. The monoisotopic (exact) mass is 740 g/mol. The highest BCUT2D eigenvalue weighted by molar-refractivity contribution is 6.74. The summed E-state index contributed by atoms with van der Waals surface area (Å²) in [5.74, 6) is -1.75. The minimum Gasteiger partial charge on any atom is -0.459 e. The summed E-state index contributed by atoms with van der Waals surface area (Å²) in [7, 11) is -6.97. The number of Topliss-reactive ketones (excluding diaryl/α,β-unsaturated/α-hetero) is 1. The predicted molar refractivity (Wildman–Crippen MR) is 200 cm³/mol. The summed E-state index contributed by atoms with van der Waals surface area (Å²) in [4.78, 5) is 29.3. The molecule has 9 nitrogen and oxygen atoms in total. The number of esters is 1. The third-order valence-electron chi connectivity index (χ3n) is 13.7. The summed E-state index contributed by atoms with van der Waals surface area (Å²) in [5.41, 5.74) is -4.11. The van der Waals surface area contributed by atoms with Gasteiger partial charge in [-0.25, -0.2) is 0 Å². The number of hydrogen-bond donors (Lipinski definition) is 2. The lowest BCUT2D eigenvalue weighted by Crippen LogP contribution is -2.81. The fourth-order valence-corrected chi connectivity index (χ4v) is 16.8. The van der Waals surface area contributed by atoms with Crippen molar-refractivity contribution in [2.45, 2.75) is 187 Å². The lowest BCUT2D eigenvalue weighted by atomic mass is 9.45. The van der Waals surface area contributed by atoms with Crippen LogP contribution in [0, 0.1) is 16.7 Å². The molecule has 1 heterocycles. The maximum atomic E-state index is 16.1. The summed E-state index contributed by atoms with van der Waals surface area (Å²) in [6.07, 6.45) is -3.54. The van der Waals surface area contributed by atoms with Crippen LogP contribution in [-0.2, 0) is 32.3 Å². The topological polar surface area (TPSA) is 121 Å². The van der Waals surface area contributed by atoms with Crippen LogP contribution in [0.15, 0.2) is 11.1 Å². The van der Waals surface area contributed by atoms with Gasteiger partial charge in [-0.3, -0.25) is 9.59 Å². The first kappa shape index (κ1) is 41.1. The van der Waals surface area contributed by atoms with E-state index in [0.717, 1.165) is 47.4 Å². The Morgan fingerprint density at radius 1 is 0.878 bits per heavy atom. The van der Waals surface area contributed by atoms with Gasteiger partial charge in [0.25, 0.3) is 0 Å². The smallest absolute Gasteiger partial charge is 0.303 e. The largest absolute Gasteiger partial charge is 0.459 e.